The second-order valence-electron chi connectivity index (χ2n) is 9.67. The maximum absolute atomic E-state index is 13.1. The number of aromatic nitrogens is 1. The van der Waals surface area contributed by atoms with E-state index in [9.17, 15) is 14.7 Å². The molecule has 0 spiro atoms. The summed E-state index contributed by atoms with van der Waals surface area (Å²) in [5.74, 6) is 0.385. The molecule has 1 fully saturated rings. The van der Waals surface area contributed by atoms with Gasteiger partial charge in [0, 0.05) is 30.6 Å². The number of carbonyl (C=O) groups excluding carboxylic acids is 1. The highest BCUT2D eigenvalue weighted by molar-refractivity contribution is 7.16. The molecule has 0 bridgehead atoms. The van der Waals surface area contributed by atoms with E-state index in [1.54, 1.807) is 6.07 Å². The highest BCUT2D eigenvalue weighted by Gasteiger charge is 2.25. The summed E-state index contributed by atoms with van der Waals surface area (Å²) in [5.41, 5.74) is 2.88. The van der Waals surface area contributed by atoms with Crippen LogP contribution in [-0.4, -0.2) is 46.6 Å². The Morgan fingerprint density at radius 3 is 2.61 bits per heavy atom. The highest BCUT2D eigenvalue weighted by Crippen LogP contribution is 2.29. The zero-order valence-corrected chi connectivity index (χ0v) is 22.3. The van der Waals surface area contributed by atoms with Crippen molar-refractivity contribution in [2.24, 2.45) is 0 Å². The van der Waals surface area contributed by atoms with Gasteiger partial charge in [-0.05, 0) is 74.4 Å². The van der Waals surface area contributed by atoms with Gasteiger partial charge in [-0.3, -0.25) is 9.59 Å². The fraction of sp³-hybridized carbons (Fsp3) is 0.500. The lowest BCUT2D eigenvalue weighted by Crippen LogP contribution is -2.40. The standard InChI is InChI=1S/C28H36ClN3O3S/c29-22-12-9-20(10-13-22)15-17-30-18-16-25(34)32(23-7-3-4-8-23)19-5-1-2-6-21-11-14-24(33)26-27(21)36-28(35)31-26/h9-14,23,30,33H,1-8,15-19H2,(H,31,35). The molecule has 36 heavy (non-hydrogen) atoms. The second kappa shape index (κ2) is 13.3. The first-order chi connectivity index (χ1) is 17.5. The summed E-state index contributed by atoms with van der Waals surface area (Å²) >= 11 is 7.10. The lowest BCUT2D eigenvalue weighted by atomic mass is 10.1. The topological polar surface area (TPSA) is 85.4 Å². The Bertz CT molecular complexity index is 1180. The Morgan fingerprint density at radius 2 is 1.83 bits per heavy atom. The van der Waals surface area contributed by atoms with Crippen molar-refractivity contribution in [1.82, 2.24) is 15.2 Å². The number of thiazole rings is 1. The zero-order chi connectivity index (χ0) is 25.3. The number of fused-ring (bicyclic) bond motifs is 1. The molecule has 0 aliphatic heterocycles. The fourth-order valence-corrected chi connectivity index (χ4v) is 6.14. The molecule has 0 radical (unpaired) electrons. The van der Waals surface area contributed by atoms with Crippen LogP contribution in [0.25, 0.3) is 10.2 Å². The van der Waals surface area contributed by atoms with Crippen LogP contribution in [0.5, 0.6) is 5.75 Å². The van der Waals surface area contributed by atoms with Crippen LogP contribution in [0.4, 0.5) is 0 Å². The van der Waals surface area contributed by atoms with Crippen LogP contribution in [0, 0.1) is 0 Å². The average Bonchev–Trinajstić information content (AvgIpc) is 3.54. The monoisotopic (exact) mass is 529 g/mol. The Morgan fingerprint density at radius 1 is 1.06 bits per heavy atom. The van der Waals surface area contributed by atoms with Crippen LogP contribution in [0.15, 0.2) is 41.2 Å². The first-order valence-corrected chi connectivity index (χ1v) is 14.3. The van der Waals surface area contributed by atoms with Crippen LogP contribution >= 0.6 is 22.9 Å². The van der Waals surface area contributed by atoms with Gasteiger partial charge in [0.1, 0.15) is 11.3 Å². The quantitative estimate of drug-likeness (QED) is 0.250. The van der Waals surface area contributed by atoms with Crippen LogP contribution in [-0.2, 0) is 17.6 Å². The molecule has 6 nitrogen and oxygen atoms in total. The summed E-state index contributed by atoms with van der Waals surface area (Å²) in [6.45, 7) is 2.36. The summed E-state index contributed by atoms with van der Waals surface area (Å²) in [6, 6.07) is 11.9. The number of phenolic OH excluding ortho intramolecular Hbond substituents is 1. The summed E-state index contributed by atoms with van der Waals surface area (Å²) in [6.07, 6.45) is 9.98. The van der Waals surface area contributed by atoms with Crippen LogP contribution in [0.1, 0.15) is 62.5 Å². The van der Waals surface area contributed by atoms with E-state index >= 15 is 0 Å². The summed E-state index contributed by atoms with van der Waals surface area (Å²) in [4.78, 5) is 29.5. The van der Waals surface area contributed by atoms with Crippen LogP contribution in [0.3, 0.4) is 0 Å². The third-order valence-corrected chi connectivity index (χ3v) is 8.30. The van der Waals surface area contributed by atoms with Crippen molar-refractivity contribution in [2.45, 2.75) is 70.3 Å². The van der Waals surface area contributed by atoms with Gasteiger partial charge in [0.2, 0.25) is 5.91 Å². The lowest BCUT2D eigenvalue weighted by Gasteiger charge is -2.29. The third kappa shape index (κ3) is 7.34. The molecule has 1 amide bonds. The van der Waals surface area contributed by atoms with E-state index in [4.69, 9.17) is 11.6 Å². The van der Waals surface area contributed by atoms with Gasteiger partial charge >= 0.3 is 4.87 Å². The van der Waals surface area contributed by atoms with Gasteiger partial charge < -0.3 is 20.3 Å². The Labute approximate surface area is 221 Å². The van der Waals surface area contributed by atoms with E-state index in [1.165, 1.54) is 18.4 Å². The predicted molar refractivity (Wildman–Crippen MR) is 148 cm³/mol. The van der Waals surface area contributed by atoms with Crippen molar-refractivity contribution < 1.29 is 9.90 Å². The smallest absolute Gasteiger partial charge is 0.305 e. The molecule has 0 atom stereocenters. The molecule has 1 heterocycles. The van der Waals surface area contributed by atoms with Gasteiger partial charge in [0.05, 0.1) is 4.70 Å². The average molecular weight is 530 g/mol. The van der Waals surface area contributed by atoms with Gasteiger partial charge in [0.15, 0.2) is 0 Å². The summed E-state index contributed by atoms with van der Waals surface area (Å²) in [7, 11) is 0. The van der Waals surface area contributed by atoms with Crippen molar-refractivity contribution in [3.05, 3.63) is 62.2 Å². The maximum atomic E-state index is 13.1. The number of hydrogen-bond acceptors (Lipinski definition) is 5. The third-order valence-electron chi connectivity index (χ3n) is 7.09. The van der Waals surface area contributed by atoms with Gasteiger partial charge in [-0.15, -0.1) is 0 Å². The number of aryl methyl sites for hydroxylation is 1. The molecule has 2 aromatic carbocycles. The number of aromatic hydroxyl groups is 1. The molecule has 0 saturated heterocycles. The number of phenols is 1. The number of unbranched alkanes of at least 4 members (excludes halogenated alkanes) is 2. The minimum atomic E-state index is -0.141. The number of rotatable bonds is 13. The predicted octanol–water partition coefficient (Wildman–Crippen LogP) is 5.66. The lowest BCUT2D eigenvalue weighted by molar-refractivity contribution is -0.133. The number of amides is 1. The van der Waals surface area contributed by atoms with Crippen LogP contribution < -0.4 is 10.2 Å². The molecule has 0 unspecified atom stereocenters. The van der Waals surface area contributed by atoms with Gasteiger partial charge in [-0.2, -0.15) is 0 Å². The number of nitrogens with zero attached hydrogens (tertiary/aromatic N) is 1. The summed E-state index contributed by atoms with van der Waals surface area (Å²) < 4.78 is 0.853. The van der Waals surface area contributed by atoms with E-state index in [0.717, 1.165) is 84.7 Å². The Hall–Kier alpha value is -2.35. The van der Waals surface area contributed by atoms with Crippen molar-refractivity contribution in [3.8, 4) is 5.75 Å². The fourth-order valence-electron chi connectivity index (χ4n) is 5.12. The normalized spacial score (nSPS) is 14.0. The molecule has 8 heteroatoms. The minimum absolute atomic E-state index is 0.122. The minimum Gasteiger partial charge on any atom is -0.506 e. The van der Waals surface area contributed by atoms with E-state index in [-0.39, 0.29) is 16.5 Å². The van der Waals surface area contributed by atoms with Gasteiger partial charge in [0.25, 0.3) is 0 Å². The first kappa shape index (κ1) is 26.7. The molecule has 1 aliphatic rings. The Balaban J connectivity index is 1.19. The number of nitrogens with one attached hydrogen (secondary N) is 2. The molecule has 1 aromatic heterocycles. The van der Waals surface area contributed by atoms with Crippen molar-refractivity contribution in [1.29, 1.82) is 0 Å². The summed E-state index contributed by atoms with van der Waals surface area (Å²) in [5, 5.41) is 14.1. The number of aromatic amines is 1. The Kier molecular flexibility index (Phi) is 9.84. The van der Waals surface area contributed by atoms with Gasteiger partial charge in [-0.25, -0.2) is 0 Å². The molecule has 194 valence electrons. The maximum Gasteiger partial charge on any atom is 0.305 e. The van der Waals surface area contributed by atoms with Gasteiger partial charge in [-0.1, -0.05) is 60.4 Å². The molecule has 3 aromatic rings. The van der Waals surface area contributed by atoms with E-state index in [0.29, 0.717) is 24.5 Å². The van der Waals surface area contributed by atoms with Crippen LogP contribution in [0.2, 0.25) is 5.02 Å². The number of benzene rings is 2. The zero-order valence-electron chi connectivity index (χ0n) is 20.7. The molecule has 1 aliphatic carbocycles. The molecular weight excluding hydrogens is 494 g/mol. The highest BCUT2D eigenvalue weighted by atomic mass is 35.5. The number of hydrogen-bond donors (Lipinski definition) is 3. The van der Waals surface area contributed by atoms with E-state index in [2.05, 4.69) is 15.2 Å². The molecular formula is C28H36ClN3O3S. The second-order valence-corrected chi connectivity index (χ2v) is 11.1. The number of halogens is 1. The number of carbonyl (C=O) groups is 1. The number of H-pyrrole nitrogens is 1. The van der Waals surface area contributed by atoms with Crippen molar-refractivity contribution in [3.63, 3.8) is 0 Å². The molecule has 3 N–H and O–H groups in total. The van der Waals surface area contributed by atoms with Crippen molar-refractivity contribution in [2.75, 3.05) is 19.6 Å². The van der Waals surface area contributed by atoms with Crippen molar-refractivity contribution >= 4 is 39.1 Å². The van der Waals surface area contributed by atoms with E-state index in [1.807, 2.05) is 30.3 Å². The molecule has 4 rings (SSSR count). The molecule has 1 saturated carbocycles. The SMILES string of the molecule is O=C(CCNCCc1ccc(Cl)cc1)N(CCCCCc1ccc(O)c2[nH]c(=O)sc12)C1CCCC1. The first-order valence-electron chi connectivity index (χ1n) is 13.1. The van der Waals surface area contributed by atoms with E-state index < -0.39 is 0 Å². The largest absolute Gasteiger partial charge is 0.506 e.